The quantitative estimate of drug-likeness (QED) is 0.0146. The van der Waals surface area contributed by atoms with E-state index in [4.69, 9.17) is 32.3 Å². The van der Waals surface area contributed by atoms with Crippen LogP contribution in [0.5, 0.6) is 0 Å². The molecule has 0 rings (SSSR count). The van der Waals surface area contributed by atoms with E-state index in [2.05, 4.69) is 215 Å². The van der Waals surface area contributed by atoms with E-state index in [9.17, 15) is 43.5 Å². The van der Waals surface area contributed by atoms with Crippen molar-refractivity contribution in [2.75, 3.05) is 39.6 Å². The SMILES string of the molecule is CC/C=C\C/C=C\C/C=C\C/C=C\C/C=C\C/C=C\CCCCCCCCCCCCC(=O)OCC(O)COP(=O)(O)OCC(O)COP(=O)(O)OCC(COC(=O)CCCCCCCCCC/C=C\C/C=C\C/C=C\C/C=C\C/C=C\C/C=C\CC)OC(=O)CCCCCCC/C=C\C/C=C\C/C=C\C/C=C\CCCCC. The molecule has 0 bridgehead atoms. The molecule has 5 unspecified atom stereocenters. The molecule has 0 aromatic rings. The summed E-state index contributed by atoms with van der Waals surface area (Å²) in [5.41, 5.74) is 0. The number of allylic oxidation sites excluding steroid dienone is 32. The Morgan fingerprint density at radius 2 is 0.469 bits per heavy atom. The van der Waals surface area contributed by atoms with Crippen LogP contribution in [0.1, 0.15) is 329 Å². The monoisotopic (exact) mass is 1620 g/mol. The molecule has 0 spiro atoms. The van der Waals surface area contributed by atoms with Gasteiger partial charge in [0.05, 0.1) is 26.4 Å². The Morgan fingerprint density at radius 3 is 0.743 bits per heavy atom. The number of unbranched alkanes of at least 4 members (excludes halogenated alkanes) is 26. The lowest BCUT2D eigenvalue weighted by Gasteiger charge is -2.21. The van der Waals surface area contributed by atoms with Gasteiger partial charge in [-0.2, -0.15) is 0 Å². The van der Waals surface area contributed by atoms with E-state index >= 15 is 0 Å². The lowest BCUT2D eigenvalue weighted by atomic mass is 10.1. The molecule has 0 amide bonds. The van der Waals surface area contributed by atoms with Gasteiger partial charge in [-0.1, -0.05) is 337 Å². The Kier molecular flexibility index (Phi) is 81.5. The highest BCUT2D eigenvalue weighted by Gasteiger charge is 2.29. The zero-order chi connectivity index (χ0) is 82.2. The van der Waals surface area contributed by atoms with Crippen molar-refractivity contribution in [3.8, 4) is 0 Å². The summed E-state index contributed by atoms with van der Waals surface area (Å²) in [5.74, 6) is -1.61. The molecule has 0 fully saturated rings. The van der Waals surface area contributed by atoms with Crippen LogP contribution in [0.25, 0.3) is 0 Å². The number of aliphatic hydroxyl groups excluding tert-OH is 2. The minimum absolute atomic E-state index is 0.0746. The normalized spacial score (nSPS) is 14.8. The Morgan fingerprint density at radius 1 is 0.257 bits per heavy atom. The van der Waals surface area contributed by atoms with E-state index in [1.807, 2.05) is 0 Å². The van der Waals surface area contributed by atoms with Gasteiger partial charge >= 0.3 is 33.6 Å². The number of hydrogen-bond acceptors (Lipinski definition) is 14. The highest BCUT2D eigenvalue weighted by molar-refractivity contribution is 7.47. The van der Waals surface area contributed by atoms with Crippen LogP contribution in [0.3, 0.4) is 0 Å². The highest BCUT2D eigenvalue weighted by atomic mass is 31.2. The van der Waals surface area contributed by atoms with Crippen LogP contribution in [0.15, 0.2) is 194 Å². The molecule has 0 saturated heterocycles. The summed E-state index contributed by atoms with van der Waals surface area (Å²) < 4.78 is 61.4. The van der Waals surface area contributed by atoms with Crippen molar-refractivity contribution in [2.45, 2.75) is 347 Å². The fourth-order valence-corrected chi connectivity index (χ4v) is 12.8. The van der Waals surface area contributed by atoms with Crippen molar-refractivity contribution < 1.29 is 75.8 Å². The molecule has 0 heterocycles. The Labute approximate surface area is 687 Å². The van der Waals surface area contributed by atoms with E-state index in [-0.39, 0.29) is 19.3 Å². The molecule has 5 atom stereocenters. The van der Waals surface area contributed by atoms with Gasteiger partial charge in [-0.05, 0) is 167 Å². The predicted molar refractivity (Wildman–Crippen MR) is 472 cm³/mol. The maximum absolute atomic E-state index is 13.0. The fourth-order valence-electron chi connectivity index (χ4n) is 11.2. The number of phosphoric ester groups is 2. The van der Waals surface area contributed by atoms with Gasteiger partial charge in [0.1, 0.15) is 25.4 Å². The Bertz CT molecular complexity index is 2830. The van der Waals surface area contributed by atoms with E-state index in [0.717, 1.165) is 212 Å². The zero-order valence-corrected chi connectivity index (χ0v) is 72.3. The van der Waals surface area contributed by atoms with Crippen LogP contribution in [0.4, 0.5) is 0 Å². The molecule has 18 heteroatoms. The van der Waals surface area contributed by atoms with Crippen molar-refractivity contribution in [3.63, 3.8) is 0 Å². The smallest absolute Gasteiger partial charge is 0.463 e. The number of ether oxygens (including phenoxy) is 3. The first-order chi connectivity index (χ1) is 55.2. The predicted octanol–water partition coefficient (Wildman–Crippen LogP) is 26.7. The van der Waals surface area contributed by atoms with E-state index in [1.54, 1.807) is 0 Å². The van der Waals surface area contributed by atoms with E-state index < -0.39 is 91.5 Å². The number of aliphatic hydroxyl groups is 2. The largest absolute Gasteiger partial charge is 0.472 e. The van der Waals surface area contributed by atoms with Crippen LogP contribution in [0.2, 0.25) is 0 Å². The van der Waals surface area contributed by atoms with Crippen LogP contribution < -0.4 is 0 Å². The number of rotatable bonds is 81. The average Bonchev–Trinajstić information content (AvgIpc) is 0.903. The molecule has 0 aliphatic heterocycles. The van der Waals surface area contributed by atoms with Gasteiger partial charge in [0.15, 0.2) is 6.10 Å². The standard InChI is InChI=1S/C95H156O16P2/c1-4-7-10-13-16-19-22-25-28-31-34-37-39-41-43-44-46-48-49-52-54-57-60-63-66-69-72-75-78-81-93(98)105-84-90(96)85-107-112(101,102)108-86-91(97)87-109-113(103,104)110-89-92(111-95(100)83-80-77-74-71-68-65-62-59-56-51-36-33-30-27-24-21-18-15-12-9-6-3)88-106-94(99)82-79-76-73-70-67-64-61-58-55-53-50-47-45-42-40-38-35-32-29-26-23-20-17-14-11-8-5-2/h7-8,10-11,16-21,25-30,34-38,41-43,45-46,48,50-51,53,59,62,90-92,96-97H,4-6,9,12-15,22-24,31-33,39-40,44,47,49,52,54-58,60-61,63-89H2,1-3H3,(H,101,102)(H,103,104)/b10-7-,11-8-,19-16-,20-17-,21-18-,28-25-,29-26-,30-27-,37-34-,38-35-,43-41-,45-42-,48-46-,51-36-,53-50-,62-59-. The molecule has 0 saturated carbocycles. The highest BCUT2D eigenvalue weighted by Crippen LogP contribution is 2.45. The van der Waals surface area contributed by atoms with Gasteiger partial charge in [-0.15, -0.1) is 0 Å². The Balaban J connectivity index is 4.68. The van der Waals surface area contributed by atoms with Crippen LogP contribution in [-0.2, 0) is 55.8 Å². The van der Waals surface area contributed by atoms with Gasteiger partial charge in [0.25, 0.3) is 0 Å². The molecule has 0 aliphatic rings. The minimum atomic E-state index is -4.95. The summed E-state index contributed by atoms with van der Waals surface area (Å²) in [6.07, 6.45) is 113. The second-order valence-electron chi connectivity index (χ2n) is 28.6. The van der Waals surface area contributed by atoms with E-state index in [0.29, 0.717) is 19.3 Å². The maximum Gasteiger partial charge on any atom is 0.472 e. The lowest BCUT2D eigenvalue weighted by Crippen LogP contribution is -2.30. The first kappa shape index (κ1) is 107. The lowest BCUT2D eigenvalue weighted by molar-refractivity contribution is -0.161. The second kappa shape index (κ2) is 85.8. The molecule has 4 N–H and O–H groups in total. The van der Waals surface area contributed by atoms with Crippen molar-refractivity contribution in [1.29, 1.82) is 0 Å². The molecule has 0 aromatic heterocycles. The summed E-state index contributed by atoms with van der Waals surface area (Å²) in [6.45, 7) is 2.40. The minimum Gasteiger partial charge on any atom is -0.463 e. The number of carbonyl (C=O) groups excluding carboxylic acids is 3. The summed E-state index contributed by atoms with van der Waals surface area (Å²) in [7, 11) is -9.83. The number of esters is 3. The third kappa shape index (κ3) is 87.1. The van der Waals surface area contributed by atoms with Crippen LogP contribution in [-0.4, -0.2) is 95.9 Å². The molecule has 113 heavy (non-hydrogen) atoms. The van der Waals surface area contributed by atoms with Gasteiger partial charge < -0.3 is 34.2 Å². The molecule has 642 valence electrons. The van der Waals surface area contributed by atoms with Gasteiger partial charge in [-0.25, -0.2) is 9.13 Å². The van der Waals surface area contributed by atoms with E-state index in [1.165, 1.54) is 57.8 Å². The van der Waals surface area contributed by atoms with Crippen molar-refractivity contribution in [3.05, 3.63) is 194 Å². The van der Waals surface area contributed by atoms with Crippen LogP contribution >= 0.6 is 15.6 Å². The Hall–Kier alpha value is -5.61. The number of phosphoric acid groups is 2. The van der Waals surface area contributed by atoms with Crippen molar-refractivity contribution >= 4 is 33.6 Å². The maximum atomic E-state index is 13.0. The molecular formula is C95H156O16P2. The topological polar surface area (TPSA) is 231 Å². The third-order valence-corrected chi connectivity index (χ3v) is 19.7. The summed E-state index contributed by atoms with van der Waals surface area (Å²) in [4.78, 5) is 58.9. The molecule has 16 nitrogen and oxygen atoms in total. The van der Waals surface area contributed by atoms with Crippen molar-refractivity contribution in [2.24, 2.45) is 0 Å². The van der Waals surface area contributed by atoms with Crippen LogP contribution in [0, 0.1) is 0 Å². The zero-order valence-electron chi connectivity index (χ0n) is 70.5. The molecule has 0 aromatic carbocycles. The summed E-state index contributed by atoms with van der Waals surface area (Å²) in [5, 5.41) is 20.7. The summed E-state index contributed by atoms with van der Waals surface area (Å²) in [6, 6.07) is 0. The van der Waals surface area contributed by atoms with Gasteiger partial charge in [0, 0.05) is 19.3 Å². The third-order valence-electron chi connectivity index (χ3n) is 17.8. The first-order valence-corrected chi connectivity index (χ1v) is 46.7. The average molecular weight is 1620 g/mol. The van der Waals surface area contributed by atoms with Gasteiger partial charge in [0.2, 0.25) is 0 Å². The number of hydrogen-bond donors (Lipinski definition) is 4. The number of carbonyl (C=O) groups is 3. The molecule has 0 aliphatic carbocycles. The molecular weight excluding hydrogens is 1460 g/mol. The molecule has 0 radical (unpaired) electrons. The first-order valence-electron chi connectivity index (χ1n) is 43.7. The summed E-state index contributed by atoms with van der Waals surface area (Å²) >= 11 is 0. The second-order valence-corrected chi connectivity index (χ2v) is 31.5. The fraction of sp³-hybridized carbons (Fsp3) is 0.632. The van der Waals surface area contributed by atoms with Gasteiger partial charge in [-0.3, -0.25) is 32.5 Å². The van der Waals surface area contributed by atoms with Crippen molar-refractivity contribution in [1.82, 2.24) is 0 Å².